The van der Waals surface area contributed by atoms with Crippen molar-refractivity contribution in [2.24, 2.45) is 5.92 Å². The van der Waals surface area contributed by atoms with Crippen molar-refractivity contribution < 1.29 is 9.53 Å². The Hall–Kier alpha value is -1.82. The number of likely N-dealkylation sites (tertiary alicyclic amines) is 1. The van der Waals surface area contributed by atoms with E-state index in [-0.39, 0.29) is 18.3 Å². The second-order valence-electron chi connectivity index (χ2n) is 7.20. The number of anilines is 1. The molecule has 2 heterocycles. The highest BCUT2D eigenvalue weighted by atomic mass is 35.5. The summed E-state index contributed by atoms with van der Waals surface area (Å²) in [5, 5.41) is 3.31. The lowest BCUT2D eigenvalue weighted by atomic mass is 9.97. The van der Waals surface area contributed by atoms with Crippen LogP contribution in [0.5, 0.6) is 5.75 Å². The quantitative estimate of drug-likeness (QED) is 0.716. The predicted molar refractivity (Wildman–Crippen MR) is 116 cm³/mol. The van der Waals surface area contributed by atoms with Gasteiger partial charge < -0.3 is 15.0 Å². The molecule has 1 aromatic heterocycles. The molecule has 1 fully saturated rings. The number of hydrogen-bond donors (Lipinski definition) is 1. The first kappa shape index (κ1) is 22.5. The number of halogens is 2. The van der Waals surface area contributed by atoms with E-state index in [1.165, 1.54) is 6.20 Å². The van der Waals surface area contributed by atoms with E-state index in [2.05, 4.69) is 29.0 Å². The number of pyridine rings is 1. The number of nitrogens with one attached hydrogen (secondary N) is 1. The van der Waals surface area contributed by atoms with Gasteiger partial charge in [0.05, 0.1) is 17.2 Å². The summed E-state index contributed by atoms with van der Waals surface area (Å²) in [7, 11) is 0. The Morgan fingerprint density at radius 2 is 1.96 bits per heavy atom. The monoisotopic (exact) mass is 423 g/mol. The van der Waals surface area contributed by atoms with Gasteiger partial charge in [0.25, 0.3) is 5.91 Å². The Morgan fingerprint density at radius 1 is 1.25 bits per heavy atom. The van der Waals surface area contributed by atoms with Crippen LogP contribution in [0, 0.1) is 5.92 Å². The Kier molecular flexibility index (Phi) is 8.55. The lowest BCUT2D eigenvalue weighted by molar-refractivity contribution is 0.101. The summed E-state index contributed by atoms with van der Waals surface area (Å²) in [6, 6.07) is 11.3. The zero-order valence-corrected chi connectivity index (χ0v) is 17.8. The number of carbonyl (C=O) groups is 1. The molecule has 2 aromatic rings. The Bertz CT molecular complexity index is 761. The lowest BCUT2D eigenvalue weighted by Gasteiger charge is -2.34. The summed E-state index contributed by atoms with van der Waals surface area (Å²) in [5.74, 6) is 1.35. The number of para-hydroxylation sites is 1. The van der Waals surface area contributed by atoms with E-state index >= 15 is 0 Å². The zero-order valence-electron chi connectivity index (χ0n) is 16.2. The largest absolute Gasteiger partial charge is 0.492 e. The van der Waals surface area contributed by atoms with Crippen LogP contribution in [-0.4, -0.2) is 41.5 Å². The van der Waals surface area contributed by atoms with Gasteiger partial charge in [-0.3, -0.25) is 4.79 Å². The van der Waals surface area contributed by atoms with Crippen LogP contribution in [0.3, 0.4) is 0 Å². The number of rotatable bonds is 6. The van der Waals surface area contributed by atoms with Crippen molar-refractivity contribution in [3.8, 4) is 5.75 Å². The molecule has 1 amide bonds. The number of benzene rings is 1. The van der Waals surface area contributed by atoms with Gasteiger partial charge in [-0.05, 0) is 70.0 Å². The minimum Gasteiger partial charge on any atom is -0.492 e. The molecule has 0 saturated carbocycles. The summed E-state index contributed by atoms with van der Waals surface area (Å²) in [6.45, 7) is 7.32. The molecule has 0 radical (unpaired) electrons. The van der Waals surface area contributed by atoms with E-state index in [4.69, 9.17) is 16.3 Å². The van der Waals surface area contributed by atoms with Gasteiger partial charge in [-0.2, -0.15) is 0 Å². The first-order chi connectivity index (χ1) is 13.0. The standard InChI is InChI=1S/C21H26ClN3O2.ClH/c1-15(2)25-11-9-16(10-12-25)14-27-19-6-4-3-5-18(19)21(26)24-20-8-7-17(22)13-23-20;/h3-8,13,15-16H,9-12,14H2,1-2H3,(H,23,24,26);1H. The lowest BCUT2D eigenvalue weighted by Crippen LogP contribution is -2.39. The second kappa shape index (κ2) is 10.6. The molecule has 5 nitrogen and oxygen atoms in total. The highest BCUT2D eigenvalue weighted by Crippen LogP contribution is 2.24. The fraction of sp³-hybridized carbons (Fsp3) is 0.429. The van der Waals surface area contributed by atoms with Crippen molar-refractivity contribution in [2.45, 2.75) is 32.7 Å². The van der Waals surface area contributed by atoms with Crippen LogP contribution in [0.4, 0.5) is 5.82 Å². The van der Waals surface area contributed by atoms with Crippen molar-refractivity contribution in [3.05, 3.63) is 53.2 Å². The number of amides is 1. The van der Waals surface area contributed by atoms with Gasteiger partial charge >= 0.3 is 0 Å². The molecule has 3 rings (SSSR count). The van der Waals surface area contributed by atoms with Crippen molar-refractivity contribution in [1.82, 2.24) is 9.88 Å². The van der Waals surface area contributed by atoms with Crippen LogP contribution >= 0.6 is 24.0 Å². The van der Waals surface area contributed by atoms with Crippen LogP contribution < -0.4 is 10.1 Å². The smallest absolute Gasteiger partial charge is 0.260 e. The Balaban J connectivity index is 0.00000280. The molecule has 152 valence electrons. The normalized spacial score (nSPS) is 15.1. The molecular weight excluding hydrogens is 397 g/mol. The van der Waals surface area contributed by atoms with Gasteiger partial charge in [-0.15, -0.1) is 12.4 Å². The van der Waals surface area contributed by atoms with Crippen molar-refractivity contribution in [2.75, 3.05) is 25.0 Å². The average molecular weight is 424 g/mol. The number of hydrogen-bond acceptors (Lipinski definition) is 4. The molecule has 0 unspecified atom stereocenters. The average Bonchev–Trinajstić information content (AvgIpc) is 2.68. The maximum Gasteiger partial charge on any atom is 0.260 e. The number of piperidine rings is 1. The van der Waals surface area contributed by atoms with Gasteiger partial charge in [-0.1, -0.05) is 23.7 Å². The van der Waals surface area contributed by atoms with Gasteiger partial charge in [0.2, 0.25) is 0 Å². The zero-order chi connectivity index (χ0) is 19.2. The third kappa shape index (κ3) is 6.09. The molecule has 1 N–H and O–H groups in total. The van der Waals surface area contributed by atoms with Gasteiger partial charge in [0.1, 0.15) is 11.6 Å². The minimum atomic E-state index is -0.241. The fourth-order valence-corrected chi connectivity index (χ4v) is 3.37. The molecule has 0 bridgehead atoms. The van der Waals surface area contributed by atoms with E-state index in [1.807, 2.05) is 18.2 Å². The maximum atomic E-state index is 12.6. The van der Waals surface area contributed by atoms with E-state index in [9.17, 15) is 4.79 Å². The fourth-order valence-electron chi connectivity index (χ4n) is 3.26. The van der Waals surface area contributed by atoms with Crippen molar-refractivity contribution in [1.29, 1.82) is 0 Å². The van der Waals surface area contributed by atoms with Crippen LogP contribution in [0.25, 0.3) is 0 Å². The first-order valence-corrected chi connectivity index (χ1v) is 9.79. The molecule has 1 aliphatic heterocycles. The number of nitrogens with zero attached hydrogens (tertiary/aromatic N) is 2. The highest BCUT2D eigenvalue weighted by Gasteiger charge is 2.22. The van der Waals surface area contributed by atoms with E-state index in [0.717, 1.165) is 25.9 Å². The maximum absolute atomic E-state index is 12.6. The number of aromatic nitrogens is 1. The molecule has 1 saturated heterocycles. The van der Waals surface area contributed by atoms with E-state index in [1.54, 1.807) is 18.2 Å². The summed E-state index contributed by atoms with van der Waals surface area (Å²) in [4.78, 5) is 19.2. The SMILES string of the molecule is CC(C)N1CCC(COc2ccccc2C(=O)Nc2ccc(Cl)cn2)CC1.Cl. The molecule has 1 aromatic carbocycles. The third-order valence-electron chi connectivity index (χ3n) is 4.95. The molecular formula is C21H27Cl2N3O2. The minimum absolute atomic E-state index is 0. The van der Waals surface area contributed by atoms with Gasteiger partial charge in [0, 0.05) is 12.2 Å². The molecule has 0 atom stereocenters. The highest BCUT2D eigenvalue weighted by molar-refractivity contribution is 6.30. The van der Waals surface area contributed by atoms with Crippen molar-refractivity contribution in [3.63, 3.8) is 0 Å². The second-order valence-corrected chi connectivity index (χ2v) is 7.63. The molecule has 0 spiro atoms. The molecule has 7 heteroatoms. The summed E-state index contributed by atoms with van der Waals surface area (Å²) < 4.78 is 6.03. The summed E-state index contributed by atoms with van der Waals surface area (Å²) in [6.07, 6.45) is 3.76. The van der Waals surface area contributed by atoms with Crippen LogP contribution in [-0.2, 0) is 0 Å². The molecule has 0 aliphatic carbocycles. The van der Waals surface area contributed by atoms with Crippen molar-refractivity contribution >= 4 is 35.7 Å². The molecule has 1 aliphatic rings. The van der Waals surface area contributed by atoms with Crippen LogP contribution in [0.2, 0.25) is 5.02 Å². The van der Waals surface area contributed by atoms with E-state index < -0.39 is 0 Å². The molecule has 28 heavy (non-hydrogen) atoms. The Morgan fingerprint density at radius 3 is 2.61 bits per heavy atom. The van der Waals surface area contributed by atoms with Crippen LogP contribution in [0.1, 0.15) is 37.0 Å². The topological polar surface area (TPSA) is 54.5 Å². The predicted octanol–water partition coefficient (Wildman–Crippen LogP) is 4.91. The van der Waals surface area contributed by atoms with Crippen LogP contribution in [0.15, 0.2) is 42.6 Å². The summed E-state index contributed by atoms with van der Waals surface area (Å²) in [5.41, 5.74) is 0.508. The third-order valence-corrected chi connectivity index (χ3v) is 5.18. The van der Waals surface area contributed by atoms with Gasteiger partial charge in [0.15, 0.2) is 0 Å². The summed E-state index contributed by atoms with van der Waals surface area (Å²) >= 11 is 5.83. The first-order valence-electron chi connectivity index (χ1n) is 9.41. The van der Waals surface area contributed by atoms with Gasteiger partial charge in [-0.25, -0.2) is 4.98 Å². The Labute approximate surface area is 177 Å². The number of carbonyl (C=O) groups excluding carboxylic acids is 1. The number of ether oxygens (including phenoxy) is 1. The van der Waals surface area contributed by atoms with E-state index in [0.29, 0.717) is 40.7 Å².